The third-order valence-electron chi connectivity index (χ3n) is 2.91. The standard InChI is InChI=1S/C13H16N2O3S/c1-10-4-5-11(2)15(10)13-8-12(6-7-14-13)9-19(16,17)18-3/h4-8H,9H2,1-3H3. The predicted molar refractivity (Wildman–Crippen MR) is 72.7 cm³/mol. The Morgan fingerprint density at radius 1 is 1.21 bits per heavy atom. The van der Waals surface area contributed by atoms with E-state index in [0.717, 1.165) is 18.5 Å². The Balaban J connectivity index is 2.41. The highest BCUT2D eigenvalue weighted by atomic mass is 32.2. The lowest BCUT2D eigenvalue weighted by atomic mass is 10.3. The molecule has 0 fully saturated rings. The lowest BCUT2D eigenvalue weighted by molar-refractivity contribution is 0.397. The van der Waals surface area contributed by atoms with E-state index in [0.29, 0.717) is 11.4 Å². The average Bonchev–Trinajstić information content (AvgIpc) is 2.69. The summed E-state index contributed by atoms with van der Waals surface area (Å²) in [6.45, 7) is 3.96. The number of rotatable bonds is 4. The van der Waals surface area contributed by atoms with E-state index in [2.05, 4.69) is 9.17 Å². The van der Waals surface area contributed by atoms with Crippen molar-refractivity contribution in [3.05, 3.63) is 47.4 Å². The van der Waals surface area contributed by atoms with Crippen LogP contribution in [0.5, 0.6) is 0 Å². The van der Waals surface area contributed by atoms with Crippen molar-refractivity contribution in [1.82, 2.24) is 9.55 Å². The Hall–Kier alpha value is -1.66. The normalized spacial score (nSPS) is 11.7. The average molecular weight is 280 g/mol. The molecular weight excluding hydrogens is 264 g/mol. The van der Waals surface area contributed by atoms with Crippen molar-refractivity contribution < 1.29 is 12.6 Å². The maximum Gasteiger partial charge on any atom is 0.271 e. The molecule has 19 heavy (non-hydrogen) atoms. The summed E-state index contributed by atoms with van der Waals surface area (Å²) in [4.78, 5) is 4.29. The fraction of sp³-hybridized carbons (Fsp3) is 0.308. The number of aryl methyl sites for hydroxylation is 2. The number of nitrogens with zero attached hydrogens (tertiary/aromatic N) is 2. The van der Waals surface area contributed by atoms with Crippen LogP contribution in [-0.2, 0) is 20.1 Å². The number of pyridine rings is 1. The van der Waals surface area contributed by atoms with Gasteiger partial charge in [-0.3, -0.25) is 4.18 Å². The van der Waals surface area contributed by atoms with E-state index in [4.69, 9.17) is 0 Å². The molecule has 102 valence electrons. The van der Waals surface area contributed by atoms with Crippen molar-refractivity contribution in [2.45, 2.75) is 19.6 Å². The summed E-state index contributed by atoms with van der Waals surface area (Å²) >= 11 is 0. The van der Waals surface area contributed by atoms with Crippen molar-refractivity contribution in [1.29, 1.82) is 0 Å². The topological polar surface area (TPSA) is 61.2 Å². The van der Waals surface area contributed by atoms with Crippen LogP contribution in [0.3, 0.4) is 0 Å². The van der Waals surface area contributed by atoms with E-state index in [-0.39, 0.29) is 5.75 Å². The molecule has 0 radical (unpaired) electrons. The van der Waals surface area contributed by atoms with Gasteiger partial charge in [-0.05, 0) is 43.7 Å². The van der Waals surface area contributed by atoms with Gasteiger partial charge in [-0.2, -0.15) is 8.42 Å². The van der Waals surface area contributed by atoms with Gasteiger partial charge in [-0.15, -0.1) is 0 Å². The Morgan fingerprint density at radius 3 is 2.42 bits per heavy atom. The fourth-order valence-electron chi connectivity index (χ4n) is 1.97. The molecule has 0 aliphatic carbocycles. The molecule has 0 N–H and O–H groups in total. The molecule has 0 bridgehead atoms. The monoisotopic (exact) mass is 280 g/mol. The number of hydrogen-bond donors (Lipinski definition) is 0. The second-order valence-electron chi connectivity index (χ2n) is 4.34. The summed E-state index contributed by atoms with van der Waals surface area (Å²) in [6.07, 6.45) is 1.61. The molecule has 0 atom stereocenters. The SMILES string of the molecule is COS(=O)(=O)Cc1ccnc(-n2c(C)ccc2C)c1. The Kier molecular flexibility index (Phi) is 3.73. The zero-order valence-electron chi connectivity index (χ0n) is 11.1. The molecule has 2 aromatic rings. The highest BCUT2D eigenvalue weighted by molar-refractivity contribution is 7.85. The maximum atomic E-state index is 11.5. The molecule has 0 aliphatic heterocycles. The van der Waals surface area contributed by atoms with E-state index in [1.807, 2.05) is 30.5 Å². The Bertz CT molecular complexity index is 670. The fourth-order valence-corrected chi connectivity index (χ4v) is 2.67. The van der Waals surface area contributed by atoms with E-state index in [1.54, 1.807) is 18.3 Å². The van der Waals surface area contributed by atoms with Gasteiger partial charge >= 0.3 is 0 Å². The molecule has 2 rings (SSSR count). The van der Waals surface area contributed by atoms with Gasteiger partial charge in [-0.1, -0.05) is 0 Å². The first-order valence-corrected chi connectivity index (χ1v) is 7.39. The highest BCUT2D eigenvalue weighted by Crippen LogP contribution is 2.16. The van der Waals surface area contributed by atoms with Gasteiger partial charge in [0.1, 0.15) is 11.6 Å². The summed E-state index contributed by atoms with van der Waals surface area (Å²) in [5.74, 6) is 0.557. The third kappa shape index (κ3) is 3.02. The van der Waals surface area contributed by atoms with Crippen LogP contribution in [0.1, 0.15) is 17.0 Å². The molecular formula is C13H16N2O3S. The van der Waals surface area contributed by atoms with E-state index < -0.39 is 10.1 Å². The van der Waals surface area contributed by atoms with E-state index in [1.165, 1.54) is 0 Å². The van der Waals surface area contributed by atoms with Crippen LogP contribution in [0.2, 0.25) is 0 Å². The van der Waals surface area contributed by atoms with Gasteiger partial charge < -0.3 is 4.57 Å². The number of aromatic nitrogens is 2. The van der Waals surface area contributed by atoms with Gasteiger partial charge in [-0.25, -0.2) is 4.98 Å². The second kappa shape index (κ2) is 5.14. The van der Waals surface area contributed by atoms with E-state index in [9.17, 15) is 8.42 Å². The minimum atomic E-state index is -3.52. The Labute approximate surface area is 113 Å². The number of hydrogen-bond acceptors (Lipinski definition) is 4. The first-order chi connectivity index (χ1) is 8.93. The Morgan fingerprint density at radius 2 is 1.84 bits per heavy atom. The minimum absolute atomic E-state index is 0.154. The van der Waals surface area contributed by atoms with Crippen LogP contribution in [0.25, 0.3) is 5.82 Å². The molecule has 6 heteroatoms. The summed E-state index contributed by atoms with van der Waals surface area (Å²) in [6, 6.07) is 7.43. The zero-order valence-corrected chi connectivity index (χ0v) is 11.9. The molecule has 0 spiro atoms. The molecule has 5 nitrogen and oxygen atoms in total. The summed E-state index contributed by atoms with van der Waals surface area (Å²) in [5.41, 5.74) is 2.76. The smallest absolute Gasteiger partial charge is 0.271 e. The molecule has 0 saturated heterocycles. The summed E-state index contributed by atoms with van der Waals surface area (Å²) < 4.78 is 29.3. The van der Waals surface area contributed by atoms with Crippen LogP contribution >= 0.6 is 0 Å². The molecule has 2 heterocycles. The highest BCUT2D eigenvalue weighted by Gasteiger charge is 2.12. The van der Waals surface area contributed by atoms with Crippen molar-refractivity contribution in [2.24, 2.45) is 0 Å². The van der Waals surface area contributed by atoms with E-state index >= 15 is 0 Å². The first-order valence-electron chi connectivity index (χ1n) is 5.81. The zero-order chi connectivity index (χ0) is 14.0. The molecule has 0 unspecified atom stereocenters. The van der Waals surface area contributed by atoms with Crippen LogP contribution in [0, 0.1) is 13.8 Å². The summed E-state index contributed by atoms with van der Waals surface area (Å²) in [5, 5.41) is 0. The van der Waals surface area contributed by atoms with Gasteiger partial charge in [0, 0.05) is 17.6 Å². The first kappa shape index (κ1) is 13.8. The maximum absolute atomic E-state index is 11.5. The molecule has 0 aromatic carbocycles. The summed E-state index contributed by atoms with van der Waals surface area (Å²) in [7, 11) is -2.35. The molecule has 0 amide bonds. The van der Waals surface area contributed by atoms with Crippen molar-refractivity contribution >= 4 is 10.1 Å². The van der Waals surface area contributed by atoms with Crippen molar-refractivity contribution in [3.8, 4) is 5.82 Å². The lowest BCUT2D eigenvalue weighted by Crippen LogP contribution is -2.07. The molecule has 0 aliphatic rings. The minimum Gasteiger partial charge on any atom is -0.303 e. The van der Waals surface area contributed by atoms with Crippen LogP contribution in [-0.4, -0.2) is 25.1 Å². The van der Waals surface area contributed by atoms with Gasteiger partial charge in [0.25, 0.3) is 10.1 Å². The largest absolute Gasteiger partial charge is 0.303 e. The molecule has 2 aromatic heterocycles. The second-order valence-corrected chi connectivity index (χ2v) is 6.08. The van der Waals surface area contributed by atoms with Gasteiger partial charge in [0.05, 0.1) is 7.11 Å². The quantitative estimate of drug-likeness (QED) is 0.803. The predicted octanol–water partition coefficient (Wildman–Crippen LogP) is 1.97. The van der Waals surface area contributed by atoms with Crippen LogP contribution in [0.4, 0.5) is 0 Å². The lowest BCUT2D eigenvalue weighted by Gasteiger charge is -2.09. The third-order valence-corrected chi connectivity index (χ3v) is 4.10. The molecule has 0 saturated carbocycles. The van der Waals surface area contributed by atoms with Gasteiger partial charge in [0.2, 0.25) is 0 Å². The van der Waals surface area contributed by atoms with Crippen molar-refractivity contribution in [2.75, 3.05) is 7.11 Å². The van der Waals surface area contributed by atoms with Crippen LogP contribution in [0.15, 0.2) is 30.5 Å². The van der Waals surface area contributed by atoms with Crippen LogP contribution < -0.4 is 0 Å². The van der Waals surface area contributed by atoms with Crippen molar-refractivity contribution in [3.63, 3.8) is 0 Å². The van der Waals surface area contributed by atoms with Gasteiger partial charge in [0.15, 0.2) is 0 Å².